The number of H-pyrrole nitrogens is 1. The van der Waals surface area contributed by atoms with Crippen LogP contribution in [0.4, 0.5) is 5.95 Å². The van der Waals surface area contributed by atoms with Gasteiger partial charge in [-0.3, -0.25) is 29.1 Å². The van der Waals surface area contributed by atoms with Gasteiger partial charge < -0.3 is 9.47 Å². The molecule has 0 unspecified atom stereocenters. The molecule has 0 saturated heterocycles. The quantitative estimate of drug-likeness (QED) is 0.464. The Morgan fingerprint density at radius 1 is 1.03 bits per heavy atom. The van der Waals surface area contributed by atoms with Crippen LogP contribution in [0.15, 0.2) is 39.9 Å². The fourth-order valence-corrected chi connectivity index (χ4v) is 3.18. The van der Waals surface area contributed by atoms with Gasteiger partial charge in [0.1, 0.15) is 22.8 Å². The first kappa shape index (κ1) is 20.8. The van der Waals surface area contributed by atoms with E-state index in [1.807, 2.05) is 0 Å². The van der Waals surface area contributed by atoms with Crippen molar-refractivity contribution in [3.05, 3.63) is 56.9 Å². The van der Waals surface area contributed by atoms with Crippen molar-refractivity contribution in [2.75, 3.05) is 19.5 Å². The Morgan fingerprint density at radius 2 is 1.81 bits per heavy atom. The number of aromatic nitrogens is 6. The van der Waals surface area contributed by atoms with Crippen LogP contribution in [0.5, 0.6) is 11.5 Å². The molecule has 12 nitrogen and oxygen atoms in total. The number of anilines is 1. The second kappa shape index (κ2) is 7.98. The van der Waals surface area contributed by atoms with Crippen molar-refractivity contribution in [2.45, 2.75) is 0 Å². The van der Waals surface area contributed by atoms with Crippen LogP contribution >= 0.6 is 0 Å². The molecule has 164 valence electrons. The second-order valence-corrected chi connectivity index (χ2v) is 6.80. The van der Waals surface area contributed by atoms with Crippen molar-refractivity contribution >= 4 is 22.9 Å². The Balaban J connectivity index is 1.63. The summed E-state index contributed by atoms with van der Waals surface area (Å²) in [4.78, 5) is 45.6. The highest BCUT2D eigenvalue weighted by Gasteiger charge is 2.17. The SMILES string of the molecule is COc1ccc(-c2nc(NC(=O)c3ccc4c(=O)n(C)c(=O)n(C)c4n3)n[nH]2)c(OC)c1. The molecule has 1 aromatic carbocycles. The molecule has 0 aliphatic carbocycles. The zero-order valence-corrected chi connectivity index (χ0v) is 17.7. The normalized spacial score (nSPS) is 10.9. The van der Waals surface area contributed by atoms with Crippen LogP contribution in [0, 0.1) is 0 Å². The molecule has 3 aromatic heterocycles. The molecule has 4 aromatic rings. The number of ether oxygens (including phenoxy) is 2. The van der Waals surface area contributed by atoms with Crippen LogP contribution in [0.25, 0.3) is 22.4 Å². The Morgan fingerprint density at radius 3 is 2.53 bits per heavy atom. The van der Waals surface area contributed by atoms with E-state index in [9.17, 15) is 14.4 Å². The maximum Gasteiger partial charge on any atom is 0.332 e. The Kier molecular flexibility index (Phi) is 5.18. The highest BCUT2D eigenvalue weighted by molar-refractivity contribution is 6.03. The summed E-state index contributed by atoms with van der Waals surface area (Å²) in [6.07, 6.45) is 0. The average Bonchev–Trinajstić information content (AvgIpc) is 3.28. The smallest absolute Gasteiger partial charge is 0.332 e. The van der Waals surface area contributed by atoms with E-state index in [-0.39, 0.29) is 22.7 Å². The molecule has 0 fully saturated rings. The number of fused-ring (bicyclic) bond motifs is 1. The number of nitrogens with zero attached hydrogens (tertiary/aromatic N) is 5. The summed E-state index contributed by atoms with van der Waals surface area (Å²) in [5.74, 6) is 0.911. The number of amides is 1. The van der Waals surface area contributed by atoms with Crippen LogP contribution in [0.2, 0.25) is 0 Å². The van der Waals surface area contributed by atoms with Crippen molar-refractivity contribution in [1.29, 1.82) is 0 Å². The lowest BCUT2D eigenvalue weighted by molar-refractivity contribution is 0.102. The van der Waals surface area contributed by atoms with Gasteiger partial charge >= 0.3 is 5.69 Å². The molecule has 3 heterocycles. The maximum absolute atomic E-state index is 12.7. The molecular formula is C20H19N7O5. The predicted molar refractivity (Wildman–Crippen MR) is 115 cm³/mol. The molecular weight excluding hydrogens is 418 g/mol. The standard InChI is InChI=1S/C20H19N7O5/c1-26-16-12(18(29)27(2)20(26)30)7-8-13(21-16)17(28)23-19-22-15(24-25-19)11-6-5-10(31-3)9-14(11)32-4/h5-9H,1-4H3,(H2,22,23,24,25,28). The number of aromatic amines is 1. The summed E-state index contributed by atoms with van der Waals surface area (Å²) in [6, 6.07) is 8.03. The Bertz CT molecular complexity index is 1470. The average molecular weight is 437 g/mol. The molecule has 0 aliphatic heterocycles. The molecule has 0 aliphatic rings. The molecule has 0 radical (unpaired) electrons. The van der Waals surface area contributed by atoms with Crippen molar-refractivity contribution in [2.24, 2.45) is 14.1 Å². The number of hydrogen-bond donors (Lipinski definition) is 2. The van der Waals surface area contributed by atoms with Gasteiger partial charge in [0.05, 0.1) is 25.2 Å². The van der Waals surface area contributed by atoms with E-state index in [1.165, 1.54) is 37.9 Å². The Labute approximate surface area is 180 Å². The van der Waals surface area contributed by atoms with Gasteiger partial charge in [0.15, 0.2) is 5.82 Å². The number of carbonyl (C=O) groups excluding carboxylic acids is 1. The van der Waals surface area contributed by atoms with E-state index >= 15 is 0 Å². The van der Waals surface area contributed by atoms with Crippen LogP contribution < -0.4 is 26.0 Å². The number of carbonyl (C=O) groups is 1. The molecule has 32 heavy (non-hydrogen) atoms. The lowest BCUT2D eigenvalue weighted by Crippen LogP contribution is -2.37. The summed E-state index contributed by atoms with van der Waals surface area (Å²) < 4.78 is 12.7. The van der Waals surface area contributed by atoms with Gasteiger partial charge in [-0.25, -0.2) is 9.78 Å². The van der Waals surface area contributed by atoms with Crippen molar-refractivity contribution in [3.8, 4) is 22.9 Å². The van der Waals surface area contributed by atoms with Crippen molar-refractivity contribution in [1.82, 2.24) is 29.3 Å². The van der Waals surface area contributed by atoms with Gasteiger partial charge in [-0.1, -0.05) is 0 Å². The van der Waals surface area contributed by atoms with E-state index in [4.69, 9.17) is 9.47 Å². The molecule has 2 N–H and O–H groups in total. The fourth-order valence-electron chi connectivity index (χ4n) is 3.18. The third-order valence-corrected chi connectivity index (χ3v) is 4.91. The number of hydrogen-bond acceptors (Lipinski definition) is 8. The van der Waals surface area contributed by atoms with Crippen molar-refractivity contribution in [3.63, 3.8) is 0 Å². The largest absolute Gasteiger partial charge is 0.497 e. The third-order valence-electron chi connectivity index (χ3n) is 4.91. The molecule has 0 spiro atoms. The van der Waals surface area contributed by atoms with Gasteiger partial charge in [-0.15, -0.1) is 5.10 Å². The third kappa shape index (κ3) is 3.47. The zero-order chi connectivity index (χ0) is 23.0. The minimum absolute atomic E-state index is 0.00543. The van der Waals surface area contributed by atoms with Crippen molar-refractivity contribution < 1.29 is 14.3 Å². The number of benzene rings is 1. The summed E-state index contributed by atoms with van der Waals surface area (Å²) in [6.45, 7) is 0. The molecule has 0 atom stereocenters. The summed E-state index contributed by atoms with van der Waals surface area (Å²) in [7, 11) is 5.92. The van der Waals surface area contributed by atoms with Crippen LogP contribution in [-0.4, -0.2) is 49.4 Å². The van der Waals surface area contributed by atoms with E-state index in [0.29, 0.717) is 22.9 Å². The minimum Gasteiger partial charge on any atom is -0.497 e. The van der Waals surface area contributed by atoms with Crippen LogP contribution in [0.3, 0.4) is 0 Å². The lowest BCUT2D eigenvalue weighted by atomic mass is 10.2. The highest BCUT2D eigenvalue weighted by Crippen LogP contribution is 2.31. The van der Waals surface area contributed by atoms with E-state index < -0.39 is 17.2 Å². The number of rotatable bonds is 5. The molecule has 0 bridgehead atoms. The van der Waals surface area contributed by atoms with E-state index in [2.05, 4.69) is 25.5 Å². The molecule has 1 amide bonds. The van der Waals surface area contributed by atoms with E-state index in [0.717, 1.165) is 4.57 Å². The topological polar surface area (TPSA) is 146 Å². The molecule has 0 saturated carbocycles. The van der Waals surface area contributed by atoms with Crippen LogP contribution in [0.1, 0.15) is 10.5 Å². The van der Waals surface area contributed by atoms with E-state index in [1.54, 1.807) is 25.3 Å². The van der Waals surface area contributed by atoms with Crippen LogP contribution in [-0.2, 0) is 14.1 Å². The number of methoxy groups -OCH3 is 2. The van der Waals surface area contributed by atoms with Gasteiger partial charge in [0.25, 0.3) is 11.5 Å². The van der Waals surface area contributed by atoms with Gasteiger partial charge in [0.2, 0.25) is 5.95 Å². The Hall–Kier alpha value is -4.48. The number of pyridine rings is 1. The first-order valence-electron chi connectivity index (χ1n) is 9.37. The predicted octanol–water partition coefficient (Wildman–Crippen LogP) is 0.687. The van der Waals surface area contributed by atoms with Gasteiger partial charge in [0, 0.05) is 20.2 Å². The molecule has 12 heteroatoms. The summed E-state index contributed by atoms with van der Waals surface area (Å²) >= 11 is 0. The van der Waals surface area contributed by atoms with Gasteiger partial charge in [-0.05, 0) is 24.3 Å². The summed E-state index contributed by atoms with van der Waals surface area (Å²) in [5.41, 5.74) is -0.316. The highest BCUT2D eigenvalue weighted by atomic mass is 16.5. The number of nitrogens with one attached hydrogen (secondary N) is 2. The first-order chi connectivity index (χ1) is 15.3. The zero-order valence-electron chi connectivity index (χ0n) is 17.7. The lowest BCUT2D eigenvalue weighted by Gasteiger charge is -2.08. The summed E-state index contributed by atoms with van der Waals surface area (Å²) in [5, 5.41) is 9.51. The first-order valence-corrected chi connectivity index (χ1v) is 9.37. The fraction of sp³-hybridized carbons (Fsp3) is 0.200. The minimum atomic E-state index is -0.604. The maximum atomic E-state index is 12.7. The van der Waals surface area contributed by atoms with Gasteiger partial charge in [-0.2, -0.15) is 4.98 Å². The molecule has 4 rings (SSSR count). The second-order valence-electron chi connectivity index (χ2n) is 6.80. The number of aryl methyl sites for hydroxylation is 1. The monoisotopic (exact) mass is 437 g/mol.